The molecule has 1 fully saturated rings. The molecule has 0 aromatic rings. The molecule has 7 heteroatoms. The fraction of sp³-hybridized carbons (Fsp3) is 0.818. The van der Waals surface area contributed by atoms with Crippen LogP contribution < -0.4 is 16.4 Å². The van der Waals surface area contributed by atoms with E-state index in [4.69, 9.17) is 15.6 Å². The number of aliphatic carboxylic acids is 1. The Morgan fingerprint density at radius 2 is 2.11 bits per heavy atom. The smallest absolute Gasteiger partial charge is 0.334 e. The van der Waals surface area contributed by atoms with Crippen LogP contribution >= 0.6 is 0 Å². The Kier molecular flexibility index (Phi) is 5.87. The van der Waals surface area contributed by atoms with Crippen LogP contribution in [-0.2, 0) is 9.53 Å². The minimum Gasteiger partial charge on any atom is -0.479 e. The zero-order valence-corrected chi connectivity index (χ0v) is 10.5. The molecule has 3 atom stereocenters. The third kappa shape index (κ3) is 4.50. The molecule has 0 aromatic heterocycles. The van der Waals surface area contributed by atoms with Crippen molar-refractivity contribution in [3.8, 4) is 0 Å². The lowest BCUT2D eigenvalue weighted by atomic mass is 9.91. The summed E-state index contributed by atoms with van der Waals surface area (Å²) in [6.07, 6.45) is 2.87. The van der Waals surface area contributed by atoms with Crippen molar-refractivity contribution >= 4 is 12.0 Å². The summed E-state index contributed by atoms with van der Waals surface area (Å²) in [5, 5.41) is 14.0. The molecule has 0 bridgehead atoms. The van der Waals surface area contributed by atoms with Crippen molar-refractivity contribution in [1.29, 1.82) is 0 Å². The van der Waals surface area contributed by atoms with E-state index in [2.05, 4.69) is 10.6 Å². The average molecular weight is 259 g/mol. The van der Waals surface area contributed by atoms with E-state index in [0.717, 1.165) is 25.7 Å². The molecule has 0 aromatic carbocycles. The van der Waals surface area contributed by atoms with Gasteiger partial charge in [-0.25, -0.2) is 9.59 Å². The van der Waals surface area contributed by atoms with E-state index in [-0.39, 0.29) is 18.6 Å². The molecule has 1 saturated carbocycles. The van der Waals surface area contributed by atoms with E-state index < -0.39 is 18.1 Å². The predicted molar refractivity (Wildman–Crippen MR) is 65.2 cm³/mol. The van der Waals surface area contributed by atoms with Crippen molar-refractivity contribution in [3.63, 3.8) is 0 Å². The Balaban J connectivity index is 2.30. The van der Waals surface area contributed by atoms with E-state index >= 15 is 0 Å². The number of hydrogen-bond acceptors (Lipinski definition) is 4. The Morgan fingerprint density at radius 1 is 1.44 bits per heavy atom. The first-order valence-electron chi connectivity index (χ1n) is 6.10. The van der Waals surface area contributed by atoms with Crippen LogP contribution in [0, 0.1) is 0 Å². The van der Waals surface area contributed by atoms with Crippen LogP contribution in [0.5, 0.6) is 0 Å². The predicted octanol–water partition coefficient (Wildman–Crippen LogP) is -0.345. The standard InChI is InChI=1S/C11H21N3O4/c1-18-9(10(15)16)6-13-11(17)14-8-5-3-2-4-7(8)12/h7-9H,2-6,12H2,1H3,(H,15,16)(H2,13,14,17). The van der Waals surface area contributed by atoms with Gasteiger partial charge in [0.15, 0.2) is 6.10 Å². The summed E-state index contributed by atoms with van der Waals surface area (Å²) in [4.78, 5) is 22.2. The highest BCUT2D eigenvalue weighted by Crippen LogP contribution is 2.16. The summed E-state index contributed by atoms with van der Waals surface area (Å²) >= 11 is 0. The average Bonchev–Trinajstić information content (AvgIpc) is 2.32. The molecular formula is C11H21N3O4. The minimum atomic E-state index is -1.10. The van der Waals surface area contributed by atoms with Gasteiger partial charge in [0.2, 0.25) is 0 Å². The number of carboxylic acids is 1. The first kappa shape index (κ1) is 14.7. The molecule has 1 rings (SSSR count). The fourth-order valence-corrected chi connectivity index (χ4v) is 2.02. The molecule has 3 unspecified atom stereocenters. The second-order valence-corrected chi connectivity index (χ2v) is 4.47. The van der Waals surface area contributed by atoms with Gasteiger partial charge in [-0.05, 0) is 12.8 Å². The lowest BCUT2D eigenvalue weighted by Crippen LogP contribution is -2.53. The molecule has 7 nitrogen and oxygen atoms in total. The zero-order chi connectivity index (χ0) is 13.5. The third-order valence-electron chi connectivity index (χ3n) is 3.14. The van der Waals surface area contributed by atoms with Gasteiger partial charge in [-0.15, -0.1) is 0 Å². The van der Waals surface area contributed by atoms with Crippen molar-refractivity contribution in [2.24, 2.45) is 5.73 Å². The molecule has 0 saturated heterocycles. The lowest BCUT2D eigenvalue weighted by Gasteiger charge is -2.29. The summed E-state index contributed by atoms with van der Waals surface area (Å²) < 4.78 is 4.71. The van der Waals surface area contributed by atoms with Crippen LogP contribution in [0.25, 0.3) is 0 Å². The monoisotopic (exact) mass is 259 g/mol. The topological polar surface area (TPSA) is 114 Å². The first-order chi connectivity index (χ1) is 8.54. The Morgan fingerprint density at radius 3 is 2.67 bits per heavy atom. The number of nitrogens with two attached hydrogens (primary N) is 1. The van der Waals surface area contributed by atoms with E-state index in [1.807, 2.05) is 0 Å². The van der Waals surface area contributed by atoms with Gasteiger partial charge in [-0.3, -0.25) is 0 Å². The van der Waals surface area contributed by atoms with Crippen LogP contribution in [0.3, 0.4) is 0 Å². The van der Waals surface area contributed by atoms with E-state index in [1.165, 1.54) is 7.11 Å². The van der Waals surface area contributed by atoms with Gasteiger partial charge in [-0.1, -0.05) is 12.8 Å². The summed E-state index contributed by atoms with van der Waals surface area (Å²) in [5.74, 6) is -1.10. The second-order valence-electron chi connectivity index (χ2n) is 4.47. The van der Waals surface area contributed by atoms with Crippen LogP contribution in [0.2, 0.25) is 0 Å². The van der Waals surface area contributed by atoms with Gasteiger partial charge in [0.05, 0.1) is 6.54 Å². The summed E-state index contributed by atoms with van der Waals surface area (Å²) in [6, 6.07) is -0.465. The van der Waals surface area contributed by atoms with Crippen molar-refractivity contribution in [2.45, 2.75) is 43.9 Å². The third-order valence-corrected chi connectivity index (χ3v) is 3.14. The van der Waals surface area contributed by atoms with Crippen LogP contribution in [0.4, 0.5) is 4.79 Å². The molecule has 5 N–H and O–H groups in total. The Bertz CT molecular complexity index is 298. The van der Waals surface area contributed by atoms with E-state index in [9.17, 15) is 9.59 Å². The van der Waals surface area contributed by atoms with Crippen molar-refractivity contribution in [2.75, 3.05) is 13.7 Å². The maximum absolute atomic E-state index is 11.6. The number of rotatable bonds is 5. The number of amides is 2. The number of ether oxygens (including phenoxy) is 1. The SMILES string of the molecule is COC(CNC(=O)NC1CCCCC1N)C(=O)O. The highest BCUT2D eigenvalue weighted by Gasteiger charge is 2.24. The van der Waals surface area contributed by atoms with Crippen molar-refractivity contribution < 1.29 is 19.4 Å². The van der Waals surface area contributed by atoms with Gasteiger partial charge in [-0.2, -0.15) is 0 Å². The maximum Gasteiger partial charge on any atom is 0.334 e. The Labute approximate surface area is 106 Å². The normalized spacial score (nSPS) is 25.2. The van der Waals surface area contributed by atoms with Gasteiger partial charge in [0.25, 0.3) is 0 Å². The Hall–Kier alpha value is -1.34. The number of urea groups is 1. The molecule has 0 spiro atoms. The number of carbonyl (C=O) groups is 2. The molecule has 1 aliphatic carbocycles. The second kappa shape index (κ2) is 7.17. The number of hydrogen-bond donors (Lipinski definition) is 4. The number of nitrogens with one attached hydrogen (secondary N) is 2. The minimum absolute atomic E-state index is 0.0257. The summed E-state index contributed by atoms with van der Waals surface area (Å²) in [7, 11) is 1.29. The van der Waals surface area contributed by atoms with Gasteiger partial charge < -0.3 is 26.2 Å². The summed E-state index contributed by atoms with van der Waals surface area (Å²) in [5.41, 5.74) is 5.90. The molecular weight excluding hydrogens is 238 g/mol. The van der Waals surface area contributed by atoms with Crippen LogP contribution in [-0.4, -0.2) is 48.9 Å². The van der Waals surface area contributed by atoms with Crippen LogP contribution in [0.15, 0.2) is 0 Å². The maximum atomic E-state index is 11.6. The molecule has 2 amide bonds. The molecule has 1 aliphatic rings. The number of methoxy groups -OCH3 is 1. The van der Waals surface area contributed by atoms with Crippen molar-refractivity contribution in [1.82, 2.24) is 10.6 Å². The van der Waals surface area contributed by atoms with E-state index in [1.54, 1.807) is 0 Å². The fourth-order valence-electron chi connectivity index (χ4n) is 2.02. The quantitative estimate of drug-likeness (QED) is 0.539. The molecule has 18 heavy (non-hydrogen) atoms. The highest BCUT2D eigenvalue weighted by molar-refractivity contribution is 5.77. The molecule has 104 valence electrons. The van der Waals surface area contributed by atoms with E-state index in [0.29, 0.717) is 0 Å². The first-order valence-corrected chi connectivity index (χ1v) is 6.10. The van der Waals surface area contributed by atoms with Crippen molar-refractivity contribution in [3.05, 3.63) is 0 Å². The number of carboxylic acid groups (broad SMARTS) is 1. The largest absolute Gasteiger partial charge is 0.479 e. The molecule has 0 aliphatic heterocycles. The number of carbonyl (C=O) groups excluding carboxylic acids is 1. The summed E-state index contributed by atoms with van der Waals surface area (Å²) in [6.45, 7) is -0.0698. The zero-order valence-electron chi connectivity index (χ0n) is 10.5. The molecule has 0 radical (unpaired) electrons. The molecule has 0 heterocycles. The van der Waals surface area contributed by atoms with Gasteiger partial charge in [0, 0.05) is 19.2 Å². The lowest BCUT2D eigenvalue weighted by molar-refractivity contribution is -0.147. The highest BCUT2D eigenvalue weighted by atomic mass is 16.5. The van der Waals surface area contributed by atoms with Gasteiger partial charge in [0.1, 0.15) is 0 Å². The van der Waals surface area contributed by atoms with Crippen LogP contribution in [0.1, 0.15) is 25.7 Å². The van der Waals surface area contributed by atoms with Gasteiger partial charge >= 0.3 is 12.0 Å².